The number of aromatic nitrogens is 2. The lowest BCUT2D eigenvalue weighted by Crippen LogP contribution is -2.44. The van der Waals surface area contributed by atoms with Crippen LogP contribution >= 0.6 is 11.3 Å². The number of fused-ring (bicyclic) bond motifs is 1. The van der Waals surface area contributed by atoms with Crippen LogP contribution in [0.4, 0.5) is 10.5 Å². The maximum absolute atomic E-state index is 13.0. The minimum atomic E-state index is -3.68. The summed E-state index contributed by atoms with van der Waals surface area (Å²) in [4.78, 5) is 21.8. The third-order valence-corrected chi connectivity index (χ3v) is 9.02. The molecule has 0 saturated heterocycles. The molecule has 2 aromatic rings. The SMILES string of the molecule is CCc1nc2c(c(NC(=O)N[SH](N)(=O)c3cnc(C(C)(C)O)s3)c1C1CC1)CCC2. The van der Waals surface area contributed by atoms with E-state index in [0.29, 0.717) is 10.9 Å². The van der Waals surface area contributed by atoms with Crippen LogP contribution in [0.25, 0.3) is 0 Å². The number of nitrogens with two attached hydrogens (primary N) is 1. The predicted molar refractivity (Wildman–Crippen MR) is 119 cm³/mol. The van der Waals surface area contributed by atoms with Gasteiger partial charge in [-0.2, -0.15) is 0 Å². The Balaban J connectivity index is 1.59. The highest BCUT2D eigenvalue weighted by Crippen LogP contribution is 2.47. The van der Waals surface area contributed by atoms with Gasteiger partial charge in [-0.1, -0.05) is 6.92 Å². The highest BCUT2D eigenvalue weighted by Gasteiger charge is 2.34. The molecule has 2 aliphatic carbocycles. The van der Waals surface area contributed by atoms with Crippen LogP contribution in [-0.2, 0) is 35.2 Å². The Morgan fingerprint density at radius 2 is 2.13 bits per heavy atom. The third kappa shape index (κ3) is 4.14. The van der Waals surface area contributed by atoms with E-state index in [-0.39, 0.29) is 4.21 Å². The van der Waals surface area contributed by atoms with E-state index in [2.05, 4.69) is 21.9 Å². The first-order chi connectivity index (χ1) is 14.1. The number of aryl methyl sites for hydroxylation is 2. The molecule has 2 amide bonds. The van der Waals surface area contributed by atoms with Crippen LogP contribution in [-0.4, -0.2) is 25.3 Å². The molecule has 5 N–H and O–H groups in total. The lowest BCUT2D eigenvalue weighted by Gasteiger charge is -2.22. The number of nitrogens with one attached hydrogen (secondary N) is 2. The first-order valence-electron chi connectivity index (χ1n) is 10.3. The summed E-state index contributed by atoms with van der Waals surface area (Å²) in [6.07, 6.45) is 7.18. The highest BCUT2D eigenvalue weighted by molar-refractivity contribution is 8.01. The molecule has 4 rings (SSSR count). The van der Waals surface area contributed by atoms with Crippen molar-refractivity contribution in [2.45, 2.75) is 75.0 Å². The molecule has 30 heavy (non-hydrogen) atoms. The summed E-state index contributed by atoms with van der Waals surface area (Å²) in [6.45, 7) is 5.26. The molecule has 0 spiro atoms. The third-order valence-electron chi connectivity index (χ3n) is 5.51. The van der Waals surface area contributed by atoms with Gasteiger partial charge in [0, 0.05) is 27.3 Å². The van der Waals surface area contributed by atoms with Gasteiger partial charge < -0.3 is 10.4 Å². The summed E-state index contributed by atoms with van der Waals surface area (Å²) in [7, 11) is -3.68. The summed E-state index contributed by atoms with van der Waals surface area (Å²) in [6, 6.07) is -0.594. The first kappa shape index (κ1) is 21.4. The second kappa shape index (κ2) is 7.67. The molecule has 0 aromatic carbocycles. The van der Waals surface area contributed by atoms with Crippen molar-refractivity contribution in [3.63, 3.8) is 0 Å². The molecule has 10 heteroatoms. The summed E-state index contributed by atoms with van der Waals surface area (Å²) in [5, 5.41) is 19.4. The number of thiol groups is 1. The highest BCUT2D eigenvalue weighted by atomic mass is 32.3. The van der Waals surface area contributed by atoms with Gasteiger partial charge in [0.1, 0.15) is 14.8 Å². The van der Waals surface area contributed by atoms with Crippen molar-refractivity contribution in [1.29, 1.82) is 0 Å². The molecule has 0 bridgehead atoms. The van der Waals surface area contributed by atoms with Gasteiger partial charge in [-0.05, 0) is 63.9 Å². The molecule has 2 aromatic heterocycles. The molecule has 2 heterocycles. The smallest absolute Gasteiger partial charge is 0.330 e. The molecule has 0 atom stereocenters. The zero-order valence-electron chi connectivity index (χ0n) is 17.5. The summed E-state index contributed by atoms with van der Waals surface area (Å²) in [5.74, 6) is 0.425. The van der Waals surface area contributed by atoms with Crippen LogP contribution in [0.5, 0.6) is 0 Å². The maximum atomic E-state index is 13.0. The number of rotatable bonds is 6. The van der Waals surface area contributed by atoms with Gasteiger partial charge in [-0.25, -0.2) is 14.0 Å². The molecule has 8 nitrogen and oxygen atoms in total. The Labute approximate surface area is 181 Å². The lowest BCUT2D eigenvalue weighted by molar-refractivity contribution is 0.0783. The lowest BCUT2D eigenvalue weighted by atomic mass is 9.99. The van der Waals surface area contributed by atoms with Gasteiger partial charge >= 0.3 is 6.03 Å². The molecule has 0 unspecified atom stereocenters. The second-order valence-electron chi connectivity index (χ2n) is 8.54. The number of carbonyl (C=O) groups excluding carboxylic acids is 1. The topological polar surface area (TPSA) is 130 Å². The van der Waals surface area contributed by atoms with Gasteiger partial charge in [-0.3, -0.25) is 14.8 Å². The van der Waals surface area contributed by atoms with Crippen molar-refractivity contribution in [3.05, 3.63) is 33.7 Å². The molecule has 0 aliphatic heterocycles. The molecule has 1 fully saturated rings. The van der Waals surface area contributed by atoms with Crippen LogP contribution < -0.4 is 15.2 Å². The zero-order chi connectivity index (χ0) is 21.7. The molecule has 164 valence electrons. The number of pyridine rings is 1. The minimum Gasteiger partial charge on any atom is -0.383 e. The van der Waals surface area contributed by atoms with E-state index in [1.54, 1.807) is 13.8 Å². The van der Waals surface area contributed by atoms with E-state index in [1.165, 1.54) is 6.20 Å². The number of nitrogens with zero attached hydrogens (tertiary/aromatic N) is 2. The number of carbonyl (C=O) groups is 1. The van der Waals surface area contributed by atoms with Crippen molar-refractivity contribution < 1.29 is 14.1 Å². The van der Waals surface area contributed by atoms with Gasteiger partial charge in [0.15, 0.2) is 0 Å². The number of thiazole rings is 1. The Hall–Kier alpha value is -1.88. The number of anilines is 1. The zero-order valence-corrected chi connectivity index (χ0v) is 19.2. The van der Waals surface area contributed by atoms with Gasteiger partial charge in [-0.15, -0.1) is 11.3 Å². The minimum absolute atomic E-state index is 0.242. The molecular formula is C20H29N5O3S2. The van der Waals surface area contributed by atoms with E-state index in [0.717, 1.165) is 78.1 Å². The molecule has 0 radical (unpaired) electrons. The van der Waals surface area contributed by atoms with E-state index in [4.69, 9.17) is 10.1 Å². The Morgan fingerprint density at radius 1 is 1.40 bits per heavy atom. The Morgan fingerprint density at radius 3 is 2.73 bits per heavy atom. The van der Waals surface area contributed by atoms with Crippen molar-refractivity contribution in [1.82, 2.24) is 14.7 Å². The Kier molecular flexibility index (Phi) is 5.46. The maximum Gasteiger partial charge on any atom is 0.330 e. The van der Waals surface area contributed by atoms with Crippen LogP contribution in [0.2, 0.25) is 0 Å². The predicted octanol–water partition coefficient (Wildman–Crippen LogP) is 2.68. The van der Waals surface area contributed by atoms with Crippen molar-refractivity contribution in [2.75, 3.05) is 5.32 Å². The quantitative estimate of drug-likeness (QED) is 0.431. The van der Waals surface area contributed by atoms with Gasteiger partial charge in [0.05, 0.1) is 11.9 Å². The summed E-state index contributed by atoms with van der Waals surface area (Å²) in [5.41, 5.74) is 3.98. The van der Waals surface area contributed by atoms with Crippen molar-refractivity contribution in [3.8, 4) is 0 Å². The van der Waals surface area contributed by atoms with Crippen LogP contribution in [0.15, 0.2) is 10.4 Å². The first-order valence-corrected chi connectivity index (χ1v) is 12.9. The van der Waals surface area contributed by atoms with Crippen LogP contribution in [0, 0.1) is 0 Å². The number of hydrogen-bond donors (Lipinski definition) is 5. The van der Waals surface area contributed by atoms with Gasteiger partial charge in [0.25, 0.3) is 0 Å². The average Bonchev–Trinajstić information content (AvgIpc) is 3.16. The van der Waals surface area contributed by atoms with Crippen molar-refractivity contribution in [2.24, 2.45) is 5.14 Å². The number of aliphatic hydroxyl groups is 1. The summed E-state index contributed by atoms with van der Waals surface area (Å²) >= 11 is 1.04. The van der Waals surface area contributed by atoms with E-state index in [9.17, 15) is 14.1 Å². The van der Waals surface area contributed by atoms with E-state index < -0.39 is 21.9 Å². The number of amides is 2. The number of urea groups is 1. The monoisotopic (exact) mass is 451 g/mol. The normalized spacial score (nSPS) is 17.0. The number of hydrogen-bond acceptors (Lipinski definition) is 6. The van der Waals surface area contributed by atoms with E-state index >= 15 is 0 Å². The fraction of sp³-hybridized carbons (Fsp3) is 0.550. The summed E-state index contributed by atoms with van der Waals surface area (Å²) < 4.78 is 15.7. The van der Waals surface area contributed by atoms with Crippen LogP contribution in [0.1, 0.15) is 73.5 Å². The Bertz CT molecular complexity index is 1040. The molecular weight excluding hydrogens is 422 g/mol. The molecule has 2 aliphatic rings. The fourth-order valence-electron chi connectivity index (χ4n) is 3.92. The van der Waals surface area contributed by atoms with Gasteiger partial charge in [0.2, 0.25) is 0 Å². The second-order valence-corrected chi connectivity index (χ2v) is 11.9. The van der Waals surface area contributed by atoms with Crippen molar-refractivity contribution >= 4 is 33.4 Å². The van der Waals surface area contributed by atoms with E-state index in [1.807, 2.05) is 0 Å². The van der Waals surface area contributed by atoms with Crippen LogP contribution in [0.3, 0.4) is 0 Å². The average molecular weight is 452 g/mol. The molecule has 1 saturated carbocycles. The fourth-order valence-corrected chi connectivity index (χ4v) is 6.22. The standard InChI is InChI=1S/C20H29N5O3S2/c1-4-13-16(11-8-9-11)17(12-6-5-7-14(12)23-13)24-19(26)25-30(21,28)15-10-22-18(29-15)20(2,3)27/h10-11,27,30H,4-9H2,1-3H3,(H4,21,23,24,25,26,28). The largest absolute Gasteiger partial charge is 0.383 e.